The zero-order valence-corrected chi connectivity index (χ0v) is 13.7. The molecule has 0 saturated carbocycles. The fourth-order valence-electron chi connectivity index (χ4n) is 3.20. The molecule has 0 aromatic heterocycles. The van der Waals surface area contributed by atoms with Gasteiger partial charge >= 0.3 is 0 Å². The van der Waals surface area contributed by atoms with Gasteiger partial charge in [0.15, 0.2) is 0 Å². The molecule has 1 unspecified atom stereocenters. The first-order chi connectivity index (χ1) is 10.1. The summed E-state index contributed by atoms with van der Waals surface area (Å²) in [5.41, 5.74) is 6.98. The monoisotopic (exact) mass is 281 g/mol. The van der Waals surface area contributed by atoms with E-state index in [0.29, 0.717) is 5.92 Å². The number of aryl methyl sites for hydroxylation is 3. The molecule has 0 bridgehead atoms. The Kier molecular flexibility index (Phi) is 5.58. The second-order valence-corrected chi connectivity index (χ2v) is 6.32. The fraction of sp³-hybridized carbons (Fsp3) is 0.400. The quantitative estimate of drug-likeness (QED) is 0.835. The lowest BCUT2D eigenvalue weighted by atomic mass is 9.91. The van der Waals surface area contributed by atoms with E-state index in [2.05, 4.69) is 68.6 Å². The van der Waals surface area contributed by atoms with E-state index < -0.39 is 0 Å². The molecule has 0 aliphatic carbocycles. The Morgan fingerprint density at radius 1 is 0.810 bits per heavy atom. The first-order valence-corrected chi connectivity index (χ1v) is 7.84. The van der Waals surface area contributed by atoms with Crippen LogP contribution in [0.4, 0.5) is 0 Å². The molecule has 0 fully saturated rings. The summed E-state index contributed by atoms with van der Waals surface area (Å²) in [5, 5.41) is 3.35. The zero-order chi connectivity index (χ0) is 15.2. The van der Waals surface area contributed by atoms with Crippen molar-refractivity contribution >= 4 is 0 Å². The van der Waals surface area contributed by atoms with E-state index in [1.54, 1.807) is 0 Å². The van der Waals surface area contributed by atoms with Crippen molar-refractivity contribution in [2.75, 3.05) is 13.6 Å². The molecule has 1 heteroatoms. The Labute approximate surface area is 129 Å². The van der Waals surface area contributed by atoms with Crippen LogP contribution in [0.5, 0.6) is 0 Å². The van der Waals surface area contributed by atoms with Gasteiger partial charge < -0.3 is 5.32 Å². The summed E-state index contributed by atoms with van der Waals surface area (Å²) >= 11 is 0. The minimum Gasteiger partial charge on any atom is -0.319 e. The summed E-state index contributed by atoms with van der Waals surface area (Å²) in [5.74, 6) is 0.637. The van der Waals surface area contributed by atoms with Gasteiger partial charge in [-0.3, -0.25) is 0 Å². The molecule has 0 aliphatic rings. The molecule has 0 radical (unpaired) electrons. The minimum atomic E-state index is 0.637. The van der Waals surface area contributed by atoms with Crippen molar-refractivity contribution in [1.29, 1.82) is 0 Å². The Morgan fingerprint density at radius 2 is 1.43 bits per heavy atom. The van der Waals surface area contributed by atoms with E-state index >= 15 is 0 Å². The maximum absolute atomic E-state index is 3.35. The normalized spacial score (nSPS) is 12.4. The Bertz CT molecular complexity index is 566. The van der Waals surface area contributed by atoms with Gasteiger partial charge in [-0.1, -0.05) is 59.2 Å². The predicted molar refractivity (Wildman–Crippen MR) is 91.9 cm³/mol. The van der Waals surface area contributed by atoms with Gasteiger partial charge in [0.25, 0.3) is 0 Å². The highest BCUT2D eigenvalue weighted by Gasteiger charge is 2.11. The van der Waals surface area contributed by atoms with Crippen LogP contribution in [0.15, 0.2) is 42.5 Å². The molecule has 21 heavy (non-hydrogen) atoms. The van der Waals surface area contributed by atoms with Crippen molar-refractivity contribution < 1.29 is 0 Å². The molecule has 2 aromatic rings. The summed E-state index contributed by atoms with van der Waals surface area (Å²) in [6.45, 7) is 7.59. The van der Waals surface area contributed by atoms with E-state index in [9.17, 15) is 0 Å². The van der Waals surface area contributed by atoms with Gasteiger partial charge in [0.2, 0.25) is 0 Å². The lowest BCUT2D eigenvalue weighted by Gasteiger charge is -2.18. The lowest BCUT2D eigenvalue weighted by Crippen LogP contribution is -2.23. The maximum Gasteiger partial charge on any atom is -0.00172 e. The van der Waals surface area contributed by atoms with E-state index in [1.807, 2.05) is 7.05 Å². The number of nitrogens with one attached hydrogen (secondary N) is 1. The first-order valence-electron chi connectivity index (χ1n) is 7.84. The van der Waals surface area contributed by atoms with Crippen LogP contribution in [-0.4, -0.2) is 13.6 Å². The van der Waals surface area contributed by atoms with Crippen molar-refractivity contribution in [2.24, 2.45) is 5.92 Å². The van der Waals surface area contributed by atoms with Gasteiger partial charge in [-0.05, 0) is 64.3 Å². The number of hydrogen-bond acceptors (Lipinski definition) is 1. The van der Waals surface area contributed by atoms with Crippen LogP contribution in [0.1, 0.15) is 27.8 Å². The number of rotatable bonds is 6. The predicted octanol–water partition coefficient (Wildman–Crippen LogP) is 4.23. The molecule has 112 valence electrons. The van der Waals surface area contributed by atoms with Crippen LogP contribution >= 0.6 is 0 Å². The second kappa shape index (κ2) is 7.42. The molecule has 2 aromatic carbocycles. The third kappa shape index (κ3) is 5.02. The highest BCUT2D eigenvalue weighted by molar-refractivity contribution is 5.29. The highest BCUT2D eigenvalue weighted by atomic mass is 14.8. The van der Waals surface area contributed by atoms with Crippen molar-refractivity contribution in [1.82, 2.24) is 5.32 Å². The Balaban J connectivity index is 2.11. The molecule has 1 atom stereocenters. The minimum absolute atomic E-state index is 0.637. The second-order valence-electron chi connectivity index (χ2n) is 6.32. The van der Waals surface area contributed by atoms with Crippen LogP contribution in [0.25, 0.3) is 0 Å². The van der Waals surface area contributed by atoms with Crippen LogP contribution in [0.3, 0.4) is 0 Å². The van der Waals surface area contributed by atoms with Gasteiger partial charge in [-0.2, -0.15) is 0 Å². The van der Waals surface area contributed by atoms with Crippen LogP contribution < -0.4 is 5.32 Å². The van der Waals surface area contributed by atoms with Crippen LogP contribution in [0.2, 0.25) is 0 Å². The third-order valence-electron chi connectivity index (χ3n) is 3.91. The summed E-state index contributed by atoms with van der Waals surface area (Å²) in [6, 6.07) is 15.8. The Hall–Kier alpha value is -1.60. The molecule has 0 heterocycles. The molecule has 0 saturated heterocycles. The molecule has 0 amide bonds. The summed E-state index contributed by atoms with van der Waals surface area (Å²) in [4.78, 5) is 0. The topological polar surface area (TPSA) is 12.0 Å². The van der Waals surface area contributed by atoms with Crippen molar-refractivity contribution in [2.45, 2.75) is 33.6 Å². The molecule has 1 N–H and O–H groups in total. The van der Waals surface area contributed by atoms with Crippen LogP contribution in [0, 0.1) is 26.7 Å². The highest BCUT2D eigenvalue weighted by Crippen LogP contribution is 2.17. The van der Waals surface area contributed by atoms with Crippen molar-refractivity contribution in [3.63, 3.8) is 0 Å². The largest absolute Gasteiger partial charge is 0.319 e. The zero-order valence-electron chi connectivity index (χ0n) is 13.7. The fourth-order valence-corrected chi connectivity index (χ4v) is 3.20. The molecule has 2 rings (SSSR count). The lowest BCUT2D eigenvalue weighted by molar-refractivity contribution is 0.493. The molecular formula is C20H27N. The number of hydrogen-bond donors (Lipinski definition) is 1. The molecular weight excluding hydrogens is 254 g/mol. The molecule has 1 nitrogen and oxygen atoms in total. The van der Waals surface area contributed by atoms with Gasteiger partial charge in [-0.15, -0.1) is 0 Å². The van der Waals surface area contributed by atoms with Gasteiger partial charge in [0, 0.05) is 0 Å². The van der Waals surface area contributed by atoms with E-state index in [0.717, 1.165) is 19.4 Å². The van der Waals surface area contributed by atoms with E-state index in [-0.39, 0.29) is 0 Å². The van der Waals surface area contributed by atoms with Crippen LogP contribution in [-0.2, 0) is 12.8 Å². The third-order valence-corrected chi connectivity index (χ3v) is 3.91. The van der Waals surface area contributed by atoms with E-state index in [4.69, 9.17) is 0 Å². The van der Waals surface area contributed by atoms with E-state index in [1.165, 1.54) is 27.8 Å². The summed E-state index contributed by atoms with van der Waals surface area (Å²) < 4.78 is 0. The van der Waals surface area contributed by atoms with Gasteiger partial charge in [0.05, 0.1) is 0 Å². The standard InChI is InChI=1S/C20H27N/c1-15-6-5-7-18(9-15)12-20(14-21-4)13-19-10-16(2)8-17(3)11-19/h5-11,20-21H,12-14H2,1-4H3. The average molecular weight is 281 g/mol. The number of benzene rings is 2. The molecule has 0 aliphatic heterocycles. The maximum atomic E-state index is 3.35. The van der Waals surface area contributed by atoms with Gasteiger partial charge in [0.1, 0.15) is 0 Å². The average Bonchev–Trinajstić information content (AvgIpc) is 2.37. The first kappa shape index (κ1) is 15.8. The van der Waals surface area contributed by atoms with Crippen molar-refractivity contribution in [3.8, 4) is 0 Å². The van der Waals surface area contributed by atoms with Gasteiger partial charge in [-0.25, -0.2) is 0 Å². The Morgan fingerprint density at radius 3 is 2.05 bits per heavy atom. The molecule has 0 spiro atoms. The SMILES string of the molecule is CNCC(Cc1cccc(C)c1)Cc1cc(C)cc(C)c1. The smallest absolute Gasteiger partial charge is 0.00172 e. The van der Waals surface area contributed by atoms with Crippen molar-refractivity contribution in [3.05, 3.63) is 70.3 Å². The summed E-state index contributed by atoms with van der Waals surface area (Å²) in [7, 11) is 2.05. The summed E-state index contributed by atoms with van der Waals surface area (Å²) in [6.07, 6.45) is 2.27.